The summed E-state index contributed by atoms with van der Waals surface area (Å²) >= 11 is 0. The Hall–Kier alpha value is -2.16. The summed E-state index contributed by atoms with van der Waals surface area (Å²) in [6, 6.07) is 16.0. The topological polar surface area (TPSA) is 20.3 Å². The van der Waals surface area contributed by atoms with Crippen molar-refractivity contribution in [2.45, 2.75) is 32.9 Å². The van der Waals surface area contributed by atoms with E-state index in [0.717, 1.165) is 12.0 Å². The number of halogens is 1. The molecular formula is C18H20FNO. The molecule has 1 amide bonds. The van der Waals surface area contributed by atoms with Crippen LogP contribution >= 0.6 is 0 Å². The lowest BCUT2D eigenvalue weighted by atomic mass is 10.1. The van der Waals surface area contributed by atoms with Crippen LogP contribution in [0.15, 0.2) is 54.6 Å². The standard InChI is InChI=1S/C18H20FNO/c1-3-14(2)20(13-15-9-5-4-6-10-15)18(21)16-11-7-8-12-17(16)19/h4-12,14H,3,13H2,1-2H3. The first-order valence-corrected chi connectivity index (χ1v) is 7.23. The van der Waals surface area contributed by atoms with E-state index in [9.17, 15) is 9.18 Å². The Labute approximate surface area is 125 Å². The van der Waals surface area contributed by atoms with Gasteiger partial charge in [-0.15, -0.1) is 0 Å². The first-order valence-electron chi connectivity index (χ1n) is 7.23. The molecule has 2 aromatic carbocycles. The van der Waals surface area contributed by atoms with Crippen molar-refractivity contribution in [1.29, 1.82) is 0 Å². The molecule has 2 aromatic rings. The fourth-order valence-electron chi connectivity index (χ4n) is 2.22. The Morgan fingerprint density at radius 2 is 1.71 bits per heavy atom. The van der Waals surface area contributed by atoms with Crippen molar-refractivity contribution in [2.75, 3.05) is 0 Å². The number of amides is 1. The third kappa shape index (κ3) is 3.69. The SMILES string of the molecule is CCC(C)N(Cc1ccccc1)C(=O)c1ccccc1F. The van der Waals surface area contributed by atoms with Gasteiger partial charge in [-0.25, -0.2) is 4.39 Å². The van der Waals surface area contributed by atoms with Crippen molar-refractivity contribution < 1.29 is 9.18 Å². The number of benzene rings is 2. The van der Waals surface area contributed by atoms with Crippen LogP contribution in [0.25, 0.3) is 0 Å². The lowest BCUT2D eigenvalue weighted by molar-refractivity contribution is 0.0667. The summed E-state index contributed by atoms with van der Waals surface area (Å²) in [5.74, 6) is -0.727. The van der Waals surface area contributed by atoms with Gasteiger partial charge in [0.15, 0.2) is 0 Å². The molecule has 0 fully saturated rings. The Balaban J connectivity index is 2.28. The fraction of sp³-hybridized carbons (Fsp3) is 0.278. The van der Waals surface area contributed by atoms with Crippen molar-refractivity contribution in [2.24, 2.45) is 0 Å². The van der Waals surface area contributed by atoms with Gasteiger partial charge in [0.2, 0.25) is 0 Å². The Morgan fingerprint density at radius 1 is 1.10 bits per heavy atom. The van der Waals surface area contributed by atoms with Crippen LogP contribution in [-0.4, -0.2) is 16.8 Å². The van der Waals surface area contributed by atoms with Crippen molar-refractivity contribution in [3.8, 4) is 0 Å². The Bertz CT molecular complexity index is 597. The molecule has 0 N–H and O–H groups in total. The molecule has 0 saturated heterocycles. The van der Waals surface area contributed by atoms with E-state index >= 15 is 0 Å². The predicted octanol–water partition coefficient (Wildman–Crippen LogP) is 4.27. The summed E-state index contributed by atoms with van der Waals surface area (Å²) in [6.07, 6.45) is 0.826. The molecule has 21 heavy (non-hydrogen) atoms. The maximum absolute atomic E-state index is 13.9. The largest absolute Gasteiger partial charge is 0.332 e. The molecule has 0 aliphatic rings. The van der Waals surface area contributed by atoms with Crippen LogP contribution in [0.5, 0.6) is 0 Å². The van der Waals surface area contributed by atoms with E-state index in [4.69, 9.17) is 0 Å². The fourth-order valence-corrected chi connectivity index (χ4v) is 2.22. The monoisotopic (exact) mass is 285 g/mol. The number of nitrogens with zero attached hydrogens (tertiary/aromatic N) is 1. The van der Waals surface area contributed by atoms with Crippen molar-refractivity contribution in [1.82, 2.24) is 4.90 Å². The predicted molar refractivity (Wildman–Crippen MR) is 82.5 cm³/mol. The number of carbonyl (C=O) groups excluding carboxylic acids is 1. The van der Waals surface area contributed by atoms with E-state index < -0.39 is 5.82 Å². The van der Waals surface area contributed by atoms with E-state index in [1.165, 1.54) is 12.1 Å². The van der Waals surface area contributed by atoms with Gasteiger partial charge in [0.25, 0.3) is 5.91 Å². The van der Waals surface area contributed by atoms with Crippen LogP contribution in [0.4, 0.5) is 4.39 Å². The van der Waals surface area contributed by atoms with E-state index in [1.54, 1.807) is 17.0 Å². The zero-order chi connectivity index (χ0) is 15.2. The lowest BCUT2D eigenvalue weighted by Gasteiger charge is -2.29. The molecule has 2 nitrogen and oxygen atoms in total. The molecule has 0 aliphatic carbocycles. The molecule has 2 rings (SSSR count). The van der Waals surface area contributed by atoms with Crippen molar-refractivity contribution in [3.05, 3.63) is 71.5 Å². The molecule has 1 unspecified atom stereocenters. The van der Waals surface area contributed by atoms with Crippen LogP contribution in [0.1, 0.15) is 36.2 Å². The highest BCUT2D eigenvalue weighted by molar-refractivity contribution is 5.94. The molecule has 1 atom stereocenters. The molecule has 0 heterocycles. The zero-order valence-electron chi connectivity index (χ0n) is 12.4. The smallest absolute Gasteiger partial charge is 0.257 e. The van der Waals surface area contributed by atoms with Crippen molar-refractivity contribution >= 4 is 5.91 Å². The van der Waals surface area contributed by atoms with Gasteiger partial charge in [0.1, 0.15) is 5.82 Å². The molecule has 0 aliphatic heterocycles. The van der Waals surface area contributed by atoms with Gasteiger partial charge in [0.05, 0.1) is 5.56 Å². The minimum Gasteiger partial charge on any atom is -0.332 e. The highest BCUT2D eigenvalue weighted by Crippen LogP contribution is 2.17. The van der Waals surface area contributed by atoms with Crippen LogP contribution in [0.3, 0.4) is 0 Å². The third-order valence-electron chi connectivity index (χ3n) is 3.68. The van der Waals surface area contributed by atoms with Crippen LogP contribution in [0.2, 0.25) is 0 Å². The van der Waals surface area contributed by atoms with E-state index in [0.29, 0.717) is 6.54 Å². The number of hydrogen-bond donors (Lipinski definition) is 0. The second kappa shape index (κ2) is 7.02. The van der Waals surface area contributed by atoms with Gasteiger partial charge < -0.3 is 4.90 Å². The molecule has 0 radical (unpaired) electrons. The Morgan fingerprint density at radius 3 is 2.33 bits per heavy atom. The average molecular weight is 285 g/mol. The molecule has 0 spiro atoms. The third-order valence-corrected chi connectivity index (χ3v) is 3.68. The zero-order valence-corrected chi connectivity index (χ0v) is 12.4. The molecule has 0 aromatic heterocycles. The second-order valence-electron chi connectivity index (χ2n) is 5.16. The molecule has 110 valence electrons. The molecule has 3 heteroatoms. The van der Waals surface area contributed by atoms with Crippen molar-refractivity contribution in [3.63, 3.8) is 0 Å². The summed E-state index contributed by atoms with van der Waals surface area (Å²) in [5, 5.41) is 0. The minimum absolute atomic E-state index is 0.0531. The molecule has 0 saturated carbocycles. The maximum Gasteiger partial charge on any atom is 0.257 e. The van der Waals surface area contributed by atoms with Gasteiger partial charge in [0, 0.05) is 12.6 Å². The minimum atomic E-state index is -0.469. The highest BCUT2D eigenvalue weighted by Gasteiger charge is 2.22. The quantitative estimate of drug-likeness (QED) is 0.803. The van der Waals surface area contributed by atoms with Gasteiger partial charge in [-0.1, -0.05) is 49.4 Å². The van der Waals surface area contributed by atoms with Crippen LogP contribution in [-0.2, 0) is 6.54 Å². The number of rotatable bonds is 5. The molecular weight excluding hydrogens is 265 g/mol. The first-order chi connectivity index (χ1) is 10.1. The summed E-state index contributed by atoms with van der Waals surface area (Å²) in [6.45, 7) is 4.50. The maximum atomic E-state index is 13.9. The van der Waals surface area contributed by atoms with Gasteiger partial charge in [-0.05, 0) is 31.0 Å². The average Bonchev–Trinajstić information content (AvgIpc) is 2.53. The summed E-state index contributed by atoms with van der Waals surface area (Å²) in [4.78, 5) is 14.4. The second-order valence-corrected chi connectivity index (χ2v) is 5.16. The number of hydrogen-bond acceptors (Lipinski definition) is 1. The summed E-state index contributed by atoms with van der Waals surface area (Å²) < 4.78 is 13.9. The van der Waals surface area contributed by atoms with E-state index in [-0.39, 0.29) is 17.5 Å². The summed E-state index contributed by atoms with van der Waals surface area (Å²) in [5.41, 5.74) is 1.18. The van der Waals surface area contributed by atoms with Crippen LogP contribution < -0.4 is 0 Å². The lowest BCUT2D eigenvalue weighted by Crippen LogP contribution is -2.38. The Kier molecular flexibility index (Phi) is 5.09. The van der Waals surface area contributed by atoms with Gasteiger partial charge >= 0.3 is 0 Å². The van der Waals surface area contributed by atoms with E-state index in [2.05, 4.69) is 0 Å². The van der Waals surface area contributed by atoms with E-state index in [1.807, 2.05) is 44.2 Å². The highest BCUT2D eigenvalue weighted by atomic mass is 19.1. The number of carbonyl (C=O) groups is 1. The summed E-state index contributed by atoms with van der Waals surface area (Å²) in [7, 11) is 0. The first kappa shape index (κ1) is 15.2. The normalized spacial score (nSPS) is 12.0. The van der Waals surface area contributed by atoms with Gasteiger partial charge in [-0.3, -0.25) is 4.79 Å². The van der Waals surface area contributed by atoms with Crippen LogP contribution in [0, 0.1) is 5.82 Å². The van der Waals surface area contributed by atoms with Gasteiger partial charge in [-0.2, -0.15) is 0 Å². The molecule has 0 bridgehead atoms.